The number of allylic oxidation sites excluding steroid dienone is 7. The predicted molar refractivity (Wildman–Crippen MR) is 129 cm³/mol. The molecule has 1 aliphatic rings. The number of aromatic nitrogens is 4. The molecule has 3 heterocycles. The molecule has 2 N–H and O–H groups in total. The molecule has 0 spiro atoms. The van der Waals surface area contributed by atoms with Crippen LogP contribution < -0.4 is 0 Å². The summed E-state index contributed by atoms with van der Waals surface area (Å²) in [6.45, 7) is 8.12. The fourth-order valence-electron chi connectivity index (χ4n) is 4.24. The van der Waals surface area contributed by atoms with Crippen LogP contribution in [-0.2, 0) is 0 Å². The average molecular weight is 405 g/mol. The van der Waals surface area contributed by atoms with Gasteiger partial charge in [-0.2, -0.15) is 5.10 Å². The highest BCUT2D eigenvalue weighted by atomic mass is 15.1. The van der Waals surface area contributed by atoms with Gasteiger partial charge in [0.15, 0.2) is 0 Å². The molecule has 0 atom stereocenters. The Morgan fingerprint density at radius 2 is 2.06 bits per heavy atom. The molecule has 4 aromatic rings. The van der Waals surface area contributed by atoms with Crippen LogP contribution in [0, 0.1) is 13.8 Å². The molecule has 0 radical (unpaired) electrons. The van der Waals surface area contributed by atoms with Gasteiger partial charge in [-0.15, -0.1) is 0 Å². The summed E-state index contributed by atoms with van der Waals surface area (Å²) in [6, 6.07) is 10.6. The number of H-pyrrole nitrogens is 2. The van der Waals surface area contributed by atoms with Crippen molar-refractivity contribution in [1.82, 2.24) is 20.2 Å². The maximum absolute atomic E-state index is 4.64. The van der Waals surface area contributed by atoms with E-state index in [1.807, 2.05) is 24.5 Å². The van der Waals surface area contributed by atoms with Crippen LogP contribution in [0.2, 0.25) is 0 Å². The smallest absolute Gasteiger partial charge is 0.116 e. The normalized spacial score (nSPS) is 13.7. The van der Waals surface area contributed by atoms with Gasteiger partial charge in [0.25, 0.3) is 0 Å². The fourth-order valence-corrected chi connectivity index (χ4v) is 4.24. The molecule has 0 amide bonds. The number of hydrogen-bond acceptors (Lipinski definition) is 2. The molecule has 1 aliphatic carbocycles. The van der Waals surface area contributed by atoms with E-state index in [1.54, 1.807) is 0 Å². The molecule has 5 rings (SSSR count). The van der Waals surface area contributed by atoms with Crippen molar-refractivity contribution < 1.29 is 0 Å². The first-order chi connectivity index (χ1) is 15.2. The summed E-state index contributed by atoms with van der Waals surface area (Å²) in [5.74, 6) is 0. The molecule has 31 heavy (non-hydrogen) atoms. The number of rotatable bonds is 5. The number of nitrogens with one attached hydrogen (secondary N) is 2. The quantitative estimate of drug-likeness (QED) is 0.364. The predicted octanol–water partition coefficient (Wildman–Crippen LogP) is 6.69. The first-order valence-corrected chi connectivity index (χ1v) is 10.4. The van der Waals surface area contributed by atoms with Gasteiger partial charge in [-0.05, 0) is 66.8 Å². The minimum absolute atomic E-state index is 0.918. The van der Waals surface area contributed by atoms with E-state index in [4.69, 9.17) is 0 Å². The number of benzene rings is 1. The van der Waals surface area contributed by atoms with Gasteiger partial charge in [-0.3, -0.25) is 10.1 Å². The van der Waals surface area contributed by atoms with E-state index in [1.165, 1.54) is 22.3 Å². The van der Waals surface area contributed by atoms with E-state index in [0.717, 1.165) is 45.5 Å². The molecule has 4 heteroatoms. The number of pyridine rings is 1. The standard InChI is InChI=1S/C27H24N4/c1-4-7-21(19-8-5-6-9-19)22-15-26(29-18(22)3)27-23-14-20(10-11-25(23)30-31-27)24-16-28-13-12-17(24)2/h4-5,7-16,29H,1,6H2,2-3H3,(H,30,31)/b21-7-. The zero-order valence-corrected chi connectivity index (χ0v) is 17.7. The molecule has 3 aromatic heterocycles. The van der Waals surface area contributed by atoms with Gasteiger partial charge in [-0.25, -0.2) is 0 Å². The second kappa shape index (κ2) is 7.73. The largest absolute Gasteiger partial charge is 0.357 e. The summed E-state index contributed by atoms with van der Waals surface area (Å²) < 4.78 is 0. The van der Waals surface area contributed by atoms with Crippen molar-refractivity contribution in [2.75, 3.05) is 0 Å². The summed E-state index contributed by atoms with van der Waals surface area (Å²) in [4.78, 5) is 7.86. The van der Waals surface area contributed by atoms with Gasteiger partial charge < -0.3 is 4.98 Å². The first-order valence-electron chi connectivity index (χ1n) is 10.4. The number of aryl methyl sites for hydroxylation is 2. The Morgan fingerprint density at radius 3 is 2.84 bits per heavy atom. The lowest BCUT2D eigenvalue weighted by Gasteiger charge is -2.06. The third-order valence-electron chi connectivity index (χ3n) is 5.84. The van der Waals surface area contributed by atoms with E-state index in [2.05, 4.69) is 89.2 Å². The van der Waals surface area contributed by atoms with Gasteiger partial charge in [0.2, 0.25) is 0 Å². The molecular weight excluding hydrogens is 380 g/mol. The van der Waals surface area contributed by atoms with Gasteiger partial charge in [0.05, 0.1) is 11.2 Å². The van der Waals surface area contributed by atoms with E-state index < -0.39 is 0 Å². The van der Waals surface area contributed by atoms with E-state index in [-0.39, 0.29) is 0 Å². The maximum Gasteiger partial charge on any atom is 0.116 e. The molecule has 0 unspecified atom stereocenters. The minimum Gasteiger partial charge on any atom is -0.357 e. The topological polar surface area (TPSA) is 57.4 Å². The van der Waals surface area contributed by atoms with Gasteiger partial charge in [0, 0.05) is 34.6 Å². The second-order valence-corrected chi connectivity index (χ2v) is 7.86. The maximum atomic E-state index is 4.64. The number of nitrogens with zero attached hydrogens (tertiary/aromatic N) is 2. The molecule has 0 aliphatic heterocycles. The molecule has 0 bridgehead atoms. The summed E-state index contributed by atoms with van der Waals surface area (Å²) in [6.07, 6.45) is 15.2. The first kappa shape index (κ1) is 19.1. The molecule has 152 valence electrons. The van der Waals surface area contributed by atoms with E-state index in [9.17, 15) is 0 Å². The monoisotopic (exact) mass is 404 g/mol. The van der Waals surface area contributed by atoms with Crippen molar-refractivity contribution in [1.29, 1.82) is 0 Å². The Morgan fingerprint density at radius 1 is 1.16 bits per heavy atom. The van der Waals surface area contributed by atoms with Crippen molar-refractivity contribution in [3.05, 3.63) is 102 Å². The molecular formula is C27H24N4. The van der Waals surface area contributed by atoms with Crippen molar-refractivity contribution in [3.8, 4) is 22.5 Å². The average Bonchev–Trinajstić information content (AvgIpc) is 3.52. The zero-order chi connectivity index (χ0) is 21.4. The molecule has 4 nitrogen and oxygen atoms in total. The molecule has 0 saturated carbocycles. The van der Waals surface area contributed by atoms with Gasteiger partial charge >= 0.3 is 0 Å². The zero-order valence-electron chi connectivity index (χ0n) is 17.7. The Balaban J connectivity index is 1.62. The Hall–Kier alpha value is -3.92. The van der Waals surface area contributed by atoms with Crippen LogP contribution in [0.5, 0.6) is 0 Å². The summed E-state index contributed by atoms with van der Waals surface area (Å²) in [7, 11) is 0. The van der Waals surface area contributed by atoms with Crippen LogP contribution in [-0.4, -0.2) is 20.2 Å². The van der Waals surface area contributed by atoms with Crippen LogP contribution in [0.1, 0.15) is 23.2 Å². The molecule has 0 fully saturated rings. The molecule has 1 aromatic carbocycles. The van der Waals surface area contributed by atoms with Crippen molar-refractivity contribution in [2.24, 2.45) is 0 Å². The van der Waals surface area contributed by atoms with Gasteiger partial charge in [0.1, 0.15) is 5.69 Å². The third kappa shape index (κ3) is 3.36. The Labute approximate surface area is 181 Å². The third-order valence-corrected chi connectivity index (χ3v) is 5.84. The number of aromatic amines is 2. The van der Waals surface area contributed by atoms with Crippen molar-refractivity contribution >= 4 is 16.5 Å². The van der Waals surface area contributed by atoms with Crippen molar-refractivity contribution in [3.63, 3.8) is 0 Å². The lowest BCUT2D eigenvalue weighted by molar-refractivity contribution is 1.11. The van der Waals surface area contributed by atoms with Crippen LogP contribution in [0.25, 0.3) is 39.0 Å². The highest BCUT2D eigenvalue weighted by Crippen LogP contribution is 2.35. The fraction of sp³-hybridized carbons (Fsp3) is 0.111. The summed E-state index contributed by atoms with van der Waals surface area (Å²) in [5.41, 5.74) is 11.1. The SMILES string of the molecule is C=C/C=C(/C1=CCC=C1)c1cc(-c2n[nH]c3ccc(-c4cnccc4C)cc23)[nH]c1C. The Kier molecular flexibility index (Phi) is 4.75. The number of fused-ring (bicyclic) bond motifs is 1. The second-order valence-electron chi connectivity index (χ2n) is 7.86. The summed E-state index contributed by atoms with van der Waals surface area (Å²) >= 11 is 0. The van der Waals surface area contributed by atoms with E-state index >= 15 is 0 Å². The Bertz CT molecular complexity index is 1390. The summed E-state index contributed by atoms with van der Waals surface area (Å²) in [5, 5.41) is 8.91. The molecule has 0 saturated heterocycles. The van der Waals surface area contributed by atoms with Crippen LogP contribution in [0.4, 0.5) is 0 Å². The highest BCUT2D eigenvalue weighted by molar-refractivity contribution is 5.96. The van der Waals surface area contributed by atoms with Gasteiger partial charge in [-0.1, -0.05) is 43.0 Å². The van der Waals surface area contributed by atoms with E-state index in [0.29, 0.717) is 0 Å². The van der Waals surface area contributed by atoms with Crippen molar-refractivity contribution in [2.45, 2.75) is 20.3 Å². The van der Waals surface area contributed by atoms with Crippen LogP contribution in [0.3, 0.4) is 0 Å². The minimum atomic E-state index is 0.918. The van der Waals surface area contributed by atoms with Crippen LogP contribution >= 0.6 is 0 Å². The number of hydrogen-bond donors (Lipinski definition) is 2. The highest BCUT2D eigenvalue weighted by Gasteiger charge is 2.17. The van der Waals surface area contributed by atoms with Crippen LogP contribution in [0.15, 0.2) is 85.3 Å². The lowest BCUT2D eigenvalue weighted by atomic mass is 9.97. The lowest BCUT2D eigenvalue weighted by Crippen LogP contribution is -1.87.